The first-order valence-corrected chi connectivity index (χ1v) is 6.89. The summed E-state index contributed by atoms with van der Waals surface area (Å²) in [6.45, 7) is 2.31. The number of para-hydroxylation sites is 1. The van der Waals surface area contributed by atoms with Gasteiger partial charge in [0, 0.05) is 11.6 Å². The van der Waals surface area contributed by atoms with Crippen LogP contribution >= 0.6 is 0 Å². The second-order valence-corrected chi connectivity index (χ2v) is 4.88. The van der Waals surface area contributed by atoms with Crippen LogP contribution in [0.3, 0.4) is 0 Å². The van der Waals surface area contributed by atoms with Crippen molar-refractivity contribution in [3.05, 3.63) is 65.5 Å². The average Bonchev–Trinajstić information content (AvgIpc) is 2.45. The van der Waals surface area contributed by atoms with Crippen molar-refractivity contribution in [3.8, 4) is 5.75 Å². The molecule has 0 aliphatic carbocycles. The van der Waals surface area contributed by atoms with Crippen molar-refractivity contribution in [1.29, 1.82) is 0 Å². The molecule has 0 radical (unpaired) electrons. The number of benzene rings is 2. The zero-order valence-electron chi connectivity index (χ0n) is 11.7. The van der Waals surface area contributed by atoms with Crippen LogP contribution in [-0.4, -0.2) is 6.61 Å². The van der Waals surface area contributed by atoms with E-state index in [9.17, 15) is 4.39 Å². The summed E-state index contributed by atoms with van der Waals surface area (Å²) in [4.78, 5) is 0. The van der Waals surface area contributed by atoms with Gasteiger partial charge < -0.3 is 10.5 Å². The second-order valence-electron chi connectivity index (χ2n) is 4.88. The fraction of sp³-hybridized carbons (Fsp3) is 0.294. The van der Waals surface area contributed by atoms with Crippen LogP contribution in [0, 0.1) is 5.82 Å². The van der Waals surface area contributed by atoms with E-state index in [0.717, 1.165) is 12.8 Å². The zero-order valence-corrected chi connectivity index (χ0v) is 11.7. The molecule has 2 aromatic rings. The lowest BCUT2D eigenvalue weighted by Gasteiger charge is -2.14. The van der Waals surface area contributed by atoms with Gasteiger partial charge in [0.1, 0.15) is 0 Å². The number of rotatable bonds is 6. The summed E-state index contributed by atoms with van der Waals surface area (Å²) in [6.07, 6.45) is 1.76. The fourth-order valence-electron chi connectivity index (χ4n) is 2.13. The number of halogens is 1. The SMILES string of the molecule is C[C@@H](N)c1cccc(F)c1OCCCc1ccccc1. The summed E-state index contributed by atoms with van der Waals surface area (Å²) in [5, 5.41) is 0. The van der Waals surface area contributed by atoms with Gasteiger partial charge >= 0.3 is 0 Å². The summed E-state index contributed by atoms with van der Waals surface area (Å²) in [6, 6.07) is 14.8. The van der Waals surface area contributed by atoms with Gasteiger partial charge in [-0.25, -0.2) is 4.39 Å². The van der Waals surface area contributed by atoms with E-state index in [1.54, 1.807) is 12.1 Å². The van der Waals surface area contributed by atoms with E-state index in [1.165, 1.54) is 11.6 Å². The van der Waals surface area contributed by atoms with Crippen molar-refractivity contribution < 1.29 is 9.13 Å². The van der Waals surface area contributed by atoms with Gasteiger partial charge in [-0.2, -0.15) is 0 Å². The highest BCUT2D eigenvalue weighted by Gasteiger charge is 2.12. The van der Waals surface area contributed by atoms with E-state index in [0.29, 0.717) is 12.2 Å². The Balaban J connectivity index is 1.91. The monoisotopic (exact) mass is 273 g/mol. The van der Waals surface area contributed by atoms with Crippen LogP contribution in [0.25, 0.3) is 0 Å². The lowest BCUT2D eigenvalue weighted by molar-refractivity contribution is 0.291. The quantitative estimate of drug-likeness (QED) is 0.811. The maximum Gasteiger partial charge on any atom is 0.165 e. The Hall–Kier alpha value is -1.87. The standard InChI is InChI=1S/C17H20FNO/c1-13(19)15-10-5-11-16(18)17(15)20-12-6-9-14-7-3-2-4-8-14/h2-5,7-8,10-11,13H,6,9,12,19H2,1H3/t13-/m1/s1. The molecule has 0 spiro atoms. The molecule has 0 heterocycles. The molecule has 0 fully saturated rings. The minimum Gasteiger partial charge on any atom is -0.490 e. The molecule has 0 bridgehead atoms. The molecule has 1 atom stereocenters. The molecule has 106 valence electrons. The van der Waals surface area contributed by atoms with E-state index in [-0.39, 0.29) is 17.6 Å². The molecular formula is C17H20FNO. The number of hydrogen-bond donors (Lipinski definition) is 1. The van der Waals surface area contributed by atoms with Crippen molar-refractivity contribution in [1.82, 2.24) is 0 Å². The fourth-order valence-corrected chi connectivity index (χ4v) is 2.13. The highest BCUT2D eigenvalue weighted by atomic mass is 19.1. The molecule has 0 saturated carbocycles. The van der Waals surface area contributed by atoms with E-state index in [4.69, 9.17) is 10.5 Å². The van der Waals surface area contributed by atoms with Crippen molar-refractivity contribution >= 4 is 0 Å². The predicted molar refractivity (Wildman–Crippen MR) is 79.3 cm³/mol. The van der Waals surface area contributed by atoms with Crippen LogP contribution in [0.4, 0.5) is 4.39 Å². The van der Waals surface area contributed by atoms with Crippen LogP contribution in [-0.2, 0) is 6.42 Å². The average molecular weight is 273 g/mol. The van der Waals surface area contributed by atoms with Crippen LogP contribution in [0.5, 0.6) is 5.75 Å². The lowest BCUT2D eigenvalue weighted by Crippen LogP contribution is -2.10. The summed E-state index contributed by atoms with van der Waals surface area (Å²) in [5.41, 5.74) is 7.81. The summed E-state index contributed by atoms with van der Waals surface area (Å²) in [5.74, 6) is -0.0601. The maximum absolute atomic E-state index is 13.8. The van der Waals surface area contributed by atoms with Crippen LogP contribution < -0.4 is 10.5 Å². The highest BCUT2D eigenvalue weighted by Crippen LogP contribution is 2.27. The minimum absolute atomic E-state index is 0.241. The Kier molecular flexibility index (Phi) is 5.13. The van der Waals surface area contributed by atoms with Gasteiger partial charge in [-0.05, 0) is 31.4 Å². The minimum atomic E-state index is -0.348. The molecule has 0 amide bonds. The Morgan fingerprint density at radius 2 is 1.85 bits per heavy atom. The predicted octanol–water partition coefficient (Wildman–Crippen LogP) is 3.86. The van der Waals surface area contributed by atoms with Gasteiger partial charge in [0.25, 0.3) is 0 Å². The largest absolute Gasteiger partial charge is 0.490 e. The maximum atomic E-state index is 13.8. The van der Waals surface area contributed by atoms with Crippen molar-refractivity contribution in [2.24, 2.45) is 5.73 Å². The van der Waals surface area contributed by atoms with Gasteiger partial charge in [-0.15, -0.1) is 0 Å². The topological polar surface area (TPSA) is 35.2 Å². The van der Waals surface area contributed by atoms with E-state index < -0.39 is 0 Å². The number of ether oxygens (including phenoxy) is 1. The molecular weight excluding hydrogens is 253 g/mol. The second kappa shape index (κ2) is 7.06. The van der Waals surface area contributed by atoms with Crippen molar-refractivity contribution in [2.75, 3.05) is 6.61 Å². The first-order valence-electron chi connectivity index (χ1n) is 6.89. The Labute approximate surface area is 119 Å². The molecule has 0 saturated heterocycles. The highest BCUT2D eigenvalue weighted by molar-refractivity contribution is 5.36. The van der Waals surface area contributed by atoms with E-state index >= 15 is 0 Å². The molecule has 3 heteroatoms. The van der Waals surface area contributed by atoms with Gasteiger partial charge in [0.05, 0.1) is 6.61 Å². The molecule has 0 aliphatic rings. The Morgan fingerprint density at radius 1 is 1.10 bits per heavy atom. The number of aryl methyl sites for hydroxylation is 1. The third-order valence-electron chi connectivity index (χ3n) is 3.19. The first kappa shape index (κ1) is 14.5. The molecule has 2 rings (SSSR count). The smallest absolute Gasteiger partial charge is 0.165 e. The summed E-state index contributed by atoms with van der Waals surface area (Å²) >= 11 is 0. The molecule has 20 heavy (non-hydrogen) atoms. The molecule has 0 aromatic heterocycles. The van der Waals surface area contributed by atoms with Crippen molar-refractivity contribution in [2.45, 2.75) is 25.8 Å². The normalized spacial score (nSPS) is 12.2. The van der Waals surface area contributed by atoms with Gasteiger partial charge in [0.2, 0.25) is 0 Å². The molecule has 0 aliphatic heterocycles. The lowest BCUT2D eigenvalue weighted by atomic mass is 10.1. The molecule has 0 unspecified atom stereocenters. The van der Waals surface area contributed by atoms with Gasteiger partial charge in [-0.1, -0.05) is 42.5 Å². The van der Waals surface area contributed by atoms with E-state index in [2.05, 4.69) is 12.1 Å². The third-order valence-corrected chi connectivity index (χ3v) is 3.19. The van der Waals surface area contributed by atoms with Crippen LogP contribution in [0.1, 0.15) is 30.5 Å². The first-order chi connectivity index (χ1) is 9.68. The zero-order chi connectivity index (χ0) is 14.4. The van der Waals surface area contributed by atoms with E-state index in [1.807, 2.05) is 25.1 Å². The van der Waals surface area contributed by atoms with Crippen LogP contribution in [0.15, 0.2) is 48.5 Å². The van der Waals surface area contributed by atoms with Crippen LogP contribution in [0.2, 0.25) is 0 Å². The summed E-state index contributed by atoms with van der Waals surface area (Å²) in [7, 11) is 0. The van der Waals surface area contributed by atoms with Gasteiger partial charge in [0.15, 0.2) is 11.6 Å². The number of hydrogen-bond acceptors (Lipinski definition) is 2. The summed E-state index contributed by atoms with van der Waals surface area (Å²) < 4.78 is 19.4. The molecule has 2 nitrogen and oxygen atoms in total. The van der Waals surface area contributed by atoms with Gasteiger partial charge in [-0.3, -0.25) is 0 Å². The molecule has 2 N–H and O–H groups in total. The number of nitrogens with two attached hydrogens (primary N) is 1. The third kappa shape index (κ3) is 3.81. The van der Waals surface area contributed by atoms with Crippen molar-refractivity contribution in [3.63, 3.8) is 0 Å². The molecule has 2 aromatic carbocycles. The Morgan fingerprint density at radius 3 is 2.55 bits per heavy atom. The Bertz CT molecular complexity index is 540.